The minimum atomic E-state index is 0.656. The SMILES string of the molecule is CC(C)N1CCC(CNc2cnnc3ccccc23)C1. The van der Waals surface area contributed by atoms with E-state index in [0.29, 0.717) is 6.04 Å². The number of aromatic nitrogens is 2. The third-order valence-corrected chi connectivity index (χ3v) is 4.18. The van der Waals surface area contributed by atoms with E-state index < -0.39 is 0 Å². The smallest absolute Gasteiger partial charge is 0.0950 e. The molecule has 1 aliphatic heterocycles. The van der Waals surface area contributed by atoms with Crippen molar-refractivity contribution in [1.29, 1.82) is 0 Å². The van der Waals surface area contributed by atoms with Gasteiger partial charge >= 0.3 is 0 Å². The predicted octanol–water partition coefficient (Wildman–Crippen LogP) is 2.77. The maximum atomic E-state index is 4.16. The number of fused-ring (bicyclic) bond motifs is 1. The lowest BCUT2D eigenvalue weighted by atomic mass is 10.1. The average molecular weight is 270 g/mol. The Morgan fingerprint density at radius 1 is 1.35 bits per heavy atom. The second kappa shape index (κ2) is 5.75. The van der Waals surface area contributed by atoms with E-state index in [-0.39, 0.29) is 0 Å². The van der Waals surface area contributed by atoms with Crippen LogP contribution >= 0.6 is 0 Å². The fraction of sp³-hybridized carbons (Fsp3) is 0.500. The summed E-state index contributed by atoms with van der Waals surface area (Å²) in [6, 6.07) is 8.80. The Kier molecular flexibility index (Phi) is 3.83. The molecule has 106 valence electrons. The van der Waals surface area contributed by atoms with Crippen LogP contribution in [-0.2, 0) is 0 Å². The summed E-state index contributed by atoms with van der Waals surface area (Å²) in [5, 5.41) is 13.0. The first kappa shape index (κ1) is 13.3. The van der Waals surface area contributed by atoms with Crippen molar-refractivity contribution in [2.75, 3.05) is 25.0 Å². The molecule has 0 amide bonds. The zero-order valence-corrected chi connectivity index (χ0v) is 12.2. The molecule has 1 aromatic heterocycles. The molecule has 1 atom stereocenters. The van der Waals surface area contributed by atoms with Gasteiger partial charge in [-0.05, 0) is 38.8 Å². The zero-order valence-electron chi connectivity index (χ0n) is 12.2. The summed E-state index contributed by atoms with van der Waals surface area (Å²) in [5.41, 5.74) is 2.05. The van der Waals surface area contributed by atoms with Crippen LogP contribution in [0.3, 0.4) is 0 Å². The molecule has 0 aliphatic carbocycles. The lowest BCUT2D eigenvalue weighted by Gasteiger charge is -2.20. The van der Waals surface area contributed by atoms with Gasteiger partial charge in [-0.3, -0.25) is 0 Å². The van der Waals surface area contributed by atoms with Crippen molar-refractivity contribution < 1.29 is 0 Å². The summed E-state index contributed by atoms with van der Waals surface area (Å²) in [5.74, 6) is 0.726. The van der Waals surface area contributed by atoms with Crippen molar-refractivity contribution in [3.05, 3.63) is 30.5 Å². The maximum absolute atomic E-state index is 4.16. The first-order valence-corrected chi connectivity index (χ1v) is 7.42. The predicted molar refractivity (Wildman–Crippen MR) is 82.8 cm³/mol. The van der Waals surface area contributed by atoms with Gasteiger partial charge in [-0.15, -0.1) is 0 Å². The standard InChI is InChI=1S/C16H22N4/c1-12(2)20-8-7-13(11-20)9-17-16-10-18-19-15-6-4-3-5-14(15)16/h3-6,10,12-13H,7-9,11H2,1-2H3,(H,17,19). The highest BCUT2D eigenvalue weighted by Gasteiger charge is 2.23. The lowest BCUT2D eigenvalue weighted by Crippen LogP contribution is -2.29. The number of likely N-dealkylation sites (tertiary alicyclic amines) is 1. The summed E-state index contributed by atoms with van der Waals surface area (Å²) in [6.07, 6.45) is 3.11. The van der Waals surface area contributed by atoms with Gasteiger partial charge in [0.1, 0.15) is 0 Å². The molecule has 3 rings (SSSR count). The zero-order chi connectivity index (χ0) is 13.9. The number of nitrogens with one attached hydrogen (secondary N) is 1. The minimum absolute atomic E-state index is 0.656. The maximum Gasteiger partial charge on any atom is 0.0950 e. The van der Waals surface area contributed by atoms with Crippen LogP contribution in [0.5, 0.6) is 0 Å². The van der Waals surface area contributed by atoms with Crippen LogP contribution in [0.1, 0.15) is 20.3 Å². The molecular weight excluding hydrogens is 248 g/mol. The average Bonchev–Trinajstić information content (AvgIpc) is 2.94. The fourth-order valence-corrected chi connectivity index (χ4v) is 2.90. The summed E-state index contributed by atoms with van der Waals surface area (Å²) < 4.78 is 0. The summed E-state index contributed by atoms with van der Waals surface area (Å²) in [7, 11) is 0. The molecular formula is C16H22N4. The van der Waals surface area contributed by atoms with Crippen LogP contribution in [0.15, 0.2) is 30.5 Å². The lowest BCUT2D eigenvalue weighted by molar-refractivity contribution is 0.266. The van der Waals surface area contributed by atoms with Crippen LogP contribution in [0.4, 0.5) is 5.69 Å². The van der Waals surface area contributed by atoms with E-state index in [1.165, 1.54) is 19.5 Å². The number of nitrogens with zero attached hydrogens (tertiary/aromatic N) is 3. The van der Waals surface area contributed by atoms with Crippen LogP contribution in [0.2, 0.25) is 0 Å². The molecule has 0 bridgehead atoms. The van der Waals surface area contributed by atoms with Gasteiger partial charge in [0.05, 0.1) is 17.4 Å². The molecule has 1 aromatic carbocycles. The second-order valence-corrected chi connectivity index (χ2v) is 5.90. The molecule has 0 saturated carbocycles. The Labute approximate surface area is 120 Å². The van der Waals surface area contributed by atoms with Gasteiger partial charge in [-0.25, -0.2) is 0 Å². The summed E-state index contributed by atoms with van der Waals surface area (Å²) in [6.45, 7) is 7.98. The van der Waals surface area contributed by atoms with Crippen LogP contribution in [-0.4, -0.2) is 40.8 Å². The van der Waals surface area contributed by atoms with E-state index in [1.807, 2.05) is 24.4 Å². The van der Waals surface area contributed by atoms with E-state index in [2.05, 4.69) is 40.3 Å². The quantitative estimate of drug-likeness (QED) is 0.927. The first-order valence-electron chi connectivity index (χ1n) is 7.42. The molecule has 1 aliphatic rings. The van der Waals surface area contributed by atoms with E-state index in [0.717, 1.165) is 29.1 Å². The van der Waals surface area contributed by atoms with Crippen LogP contribution in [0, 0.1) is 5.92 Å². The Hall–Kier alpha value is -1.68. The normalized spacial score (nSPS) is 19.9. The Balaban J connectivity index is 1.66. The molecule has 1 unspecified atom stereocenters. The van der Waals surface area contributed by atoms with Gasteiger partial charge in [-0.1, -0.05) is 18.2 Å². The number of rotatable bonds is 4. The first-order chi connectivity index (χ1) is 9.74. The monoisotopic (exact) mass is 270 g/mol. The van der Waals surface area contributed by atoms with E-state index in [1.54, 1.807) is 0 Å². The highest BCUT2D eigenvalue weighted by atomic mass is 15.2. The van der Waals surface area contributed by atoms with E-state index in [9.17, 15) is 0 Å². The number of benzene rings is 1. The third kappa shape index (κ3) is 2.75. The van der Waals surface area contributed by atoms with Crippen molar-refractivity contribution >= 4 is 16.6 Å². The van der Waals surface area contributed by atoms with Crippen molar-refractivity contribution in [3.8, 4) is 0 Å². The molecule has 20 heavy (non-hydrogen) atoms. The Bertz CT molecular complexity index is 576. The molecule has 2 heterocycles. The highest BCUT2D eigenvalue weighted by molar-refractivity contribution is 5.90. The van der Waals surface area contributed by atoms with E-state index in [4.69, 9.17) is 0 Å². The third-order valence-electron chi connectivity index (χ3n) is 4.18. The largest absolute Gasteiger partial charge is 0.383 e. The molecule has 0 radical (unpaired) electrons. The van der Waals surface area contributed by atoms with Crippen molar-refractivity contribution in [2.24, 2.45) is 5.92 Å². The molecule has 4 nitrogen and oxygen atoms in total. The molecule has 0 spiro atoms. The summed E-state index contributed by atoms with van der Waals surface area (Å²) >= 11 is 0. The molecule has 1 N–H and O–H groups in total. The van der Waals surface area contributed by atoms with E-state index >= 15 is 0 Å². The van der Waals surface area contributed by atoms with Crippen LogP contribution < -0.4 is 5.32 Å². The Morgan fingerprint density at radius 3 is 3.00 bits per heavy atom. The topological polar surface area (TPSA) is 41.0 Å². The van der Waals surface area contributed by atoms with Crippen molar-refractivity contribution in [2.45, 2.75) is 26.3 Å². The highest BCUT2D eigenvalue weighted by Crippen LogP contribution is 2.22. The van der Waals surface area contributed by atoms with Gasteiger partial charge in [0, 0.05) is 24.5 Å². The van der Waals surface area contributed by atoms with Crippen LogP contribution in [0.25, 0.3) is 10.9 Å². The Morgan fingerprint density at radius 2 is 2.20 bits per heavy atom. The fourth-order valence-electron chi connectivity index (χ4n) is 2.90. The van der Waals surface area contributed by atoms with Gasteiger partial charge in [-0.2, -0.15) is 10.2 Å². The van der Waals surface area contributed by atoms with Crippen molar-refractivity contribution in [3.63, 3.8) is 0 Å². The van der Waals surface area contributed by atoms with Gasteiger partial charge in [0.15, 0.2) is 0 Å². The van der Waals surface area contributed by atoms with Crippen molar-refractivity contribution in [1.82, 2.24) is 15.1 Å². The number of hydrogen-bond donors (Lipinski definition) is 1. The van der Waals surface area contributed by atoms with Gasteiger partial charge in [0.25, 0.3) is 0 Å². The number of anilines is 1. The molecule has 1 saturated heterocycles. The second-order valence-electron chi connectivity index (χ2n) is 5.90. The number of hydrogen-bond acceptors (Lipinski definition) is 4. The molecule has 2 aromatic rings. The minimum Gasteiger partial charge on any atom is -0.383 e. The summed E-state index contributed by atoms with van der Waals surface area (Å²) in [4.78, 5) is 2.55. The molecule has 1 fully saturated rings. The van der Waals surface area contributed by atoms with Gasteiger partial charge in [0.2, 0.25) is 0 Å². The molecule has 4 heteroatoms. The van der Waals surface area contributed by atoms with Gasteiger partial charge < -0.3 is 10.2 Å².